The maximum Gasteiger partial charge on any atom is 0.226 e. The lowest BCUT2D eigenvalue weighted by Crippen LogP contribution is -2.27. The molecule has 3 aromatic rings. The molecule has 1 aliphatic heterocycles. The van der Waals surface area contributed by atoms with Gasteiger partial charge in [-0.15, -0.1) is 0 Å². The highest BCUT2D eigenvalue weighted by Gasteiger charge is 2.26. The first-order valence-electron chi connectivity index (χ1n) is 12.2. The lowest BCUT2D eigenvalue weighted by molar-refractivity contribution is 0.231. The van der Waals surface area contributed by atoms with Crippen molar-refractivity contribution >= 4 is 17.0 Å². The standard InChI is InChI=1S/C26H34N6O/c1-16(2)33-25-24-22(19-10-12-32-21(14-19)9-11-28-32)13-18(4)27-15-23(24)30-26(31-25)29-20-7-5-17(3)6-8-20/h9-14,16-18,20,27H,5-8,15H2,1-4H3,(H,29,30,31)/t17?,18-,20?/m1/s1. The third kappa shape index (κ3) is 4.74. The van der Waals surface area contributed by atoms with Crippen LogP contribution in [0.5, 0.6) is 5.88 Å². The fourth-order valence-electron chi connectivity index (χ4n) is 4.82. The molecule has 0 radical (unpaired) electrons. The number of hydrogen-bond acceptors (Lipinski definition) is 6. The zero-order valence-electron chi connectivity index (χ0n) is 20.0. The van der Waals surface area contributed by atoms with E-state index in [9.17, 15) is 0 Å². The molecule has 7 heteroatoms. The van der Waals surface area contributed by atoms with Crippen molar-refractivity contribution in [3.63, 3.8) is 0 Å². The highest BCUT2D eigenvalue weighted by Crippen LogP contribution is 2.36. The van der Waals surface area contributed by atoms with Crippen molar-refractivity contribution < 1.29 is 4.74 Å². The molecule has 0 spiro atoms. The number of nitrogens with zero attached hydrogens (tertiary/aromatic N) is 4. The van der Waals surface area contributed by atoms with Gasteiger partial charge >= 0.3 is 0 Å². The molecule has 7 nitrogen and oxygen atoms in total. The SMILES string of the molecule is CC1CCC(Nc2nc3c(c(OC(C)C)n2)C(c2ccn4nccc4c2)=C[C@@H](C)NC3)CC1. The first kappa shape index (κ1) is 21.9. The van der Waals surface area contributed by atoms with Crippen LogP contribution in [0, 0.1) is 5.92 Å². The third-order valence-electron chi connectivity index (χ3n) is 6.64. The van der Waals surface area contributed by atoms with Gasteiger partial charge in [-0.25, -0.2) is 9.50 Å². The summed E-state index contributed by atoms with van der Waals surface area (Å²) in [6.45, 7) is 9.26. The molecule has 1 saturated carbocycles. The van der Waals surface area contributed by atoms with Gasteiger partial charge in [0.1, 0.15) is 0 Å². The van der Waals surface area contributed by atoms with Crippen molar-refractivity contribution in [3.8, 4) is 5.88 Å². The Morgan fingerprint density at radius 2 is 1.94 bits per heavy atom. The van der Waals surface area contributed by atoms with Crippen LogP contribution in [-0.2, 0) is 6.54 Å². The van der Waals surface area contributed by atoms with Gasteiger partial charge in [0.2, 0.25) is 11.8 Å². The van der Waals surface area contributed by atoms with Gasteiger partial charge in [-0.05, 0) is 81.7 Å². The second kappa shape index (κ2) is 9.14. The summed E-state index contributed by atoms with van der Waals surface area (Å²) in [4.78, 5) is 9.90. The van der Waals surface area contributed by atoms with Gasteiger partial charge in [0, 0.05) is 31.0 Å². The number of anilines is 1. The van der Waals surface area contributed by atoms with Gasteiger partial charge in [0.25, 0.3) is 0 Å². The largest absolute Gasteiger partial charge is 0.474 e. The quantitative estimate of drug-likeness (QED) is 0.585. The maximum absolute atomic E-state index is 6.30. The molecule has 1 aliphatic carbocycles. The Hall–Kier alpha value is -2.93. The predicted octanol–water partition coefficient (Wildman–Crippen LogP) is 4.83. The van der Waals surface area contributed by atoms with Crippen molar-refractivity contribution in [3.05, 3.63) is 53.5 Å². The predicted molar refractivity (Wildman–Crippen MR) is 131 cm³/mol. The van der Waals surface area contributed by atoms with E-state index >= 15 is 0 Å². The molecule has 4 heterocycles. The highest BCUT2D eigenvalue weighted by molar-refractivity contribution is 5.85. The van der Waals surface area contributed by atoms with Crippen molar-refractivity contribution in [2.24, 2.45) is 5.92 Å². The van der Waals surface area contributed by atoms with Gasteiger partial charge in [0.05, 0.1) is 22.9 Å². The maximum atomic E-state index is 6.30. The van der Waals surface area contributed by atoms with Gasteiger partial charge < -0.3 is 15.4 Å². The number of nitrogens with one attached hydrogen (secondary N) is 2. The van der Waals surface area contributed by atoms with Gasteiger partial charge in [0.15, 0.2) is 0 Å². The smallest absolute Gasteiger partial charge is 0.226 e. The normalized spacial score (nSPS) is 23.2. The van der Waals surface area contributed by atoms with Crippen LogP contribution in [0.4, 0.5) is 5.95 Å². The van der Waals surface area contributed by atoms with Crippen LogP contribution < -0.4 is 15.4 Å². The summed E-state index contributed by atoms with van der Waals surface area (Å²) in [5, 5.41) is 11.5. The minimum absolute atomic E-state index is 0.0135. The molecule has 1 fully saturated rings. The first-order valence-corrected chi connectivity index (χ1v) is 12.2. The molecule has 2 aliphatic rings. The fraction of sp³-hybridized carbons (Fsp3) is 0.500. The summed E-state index contributed by atoms with van der Waals surface area (Å²) in [5.41, 5.74) is 5.21. The molecule has 3 aromatic heterocycles. The average Bonchev–Trinajstić information content (AvgIpc) is 3.18. The minimum atomic E-state index is 0.0135. The Morgan fingerprint density at radius 3 is 2.73 bits per heavy atom. The molecule has 0 saturated heterocycles. The van der Waals surface area contributed by atoms with E-state index in [4.69, 9.17) is 14.7 Å². The Balaban J connectivity index is 1.57. The second-order valence-corrected chi connectivity index (χ2v) is 9.81. The number of ether oxygens (including phenoxy) is 1. The lowest BCUT2D eigenvalue weighted by atomic mass is 9.87. The molecule has 0 bridgehead atoms. The second-order valence-electron chi connectivity index (χ2n) is 9.81. The molecule has 174 valence electrons. The van der Waals surface area contributed by atoms with E-state index in [1.165, 1.54) is 12.8 Å². The Kier molecular flexibility index (Phi) is 6.06. The molecule has 0 unspecified atom stereocenters. The number of aromatic nitrogens is 4. The van der Waals surface area contributed by atoms with Crippen molar-refractivity contribution in [2.75, 3.05) is 5.32 Å². The van der Waals surface area contributed by atoms with E-state index in [-0.39, 0.29) is 12.1 Å². The fourth-order valence-corrected chi connectivity index (χ4v) is 4.82. The number of pyridine rings is 1. The zero-order valence-corrected chi connectivity index (χ0v) is 20.0. The van der Waals surface area contributed by atoms with Crippen molar-refractivity contribution in [1.29, 1.82) is 0 Å². The van der Waals surface area contributed by atoms with Crippen LogP contribution >= 0.6 is 0 Å². The number of hydrogen-bond donors (Lipinski definition) is 2. The van der Waals surface area contributed by atoms with Gasteiger partial charge in [-0.1, -0.05) is 13.0 Å². The Labute approximate surface area is 195 Å². The molecular weight excluding hydrogens is 412 g/mol. The van der Waals surface area contributed by atoms with Gasteiger partial charge in [-0.2, -0.15) is 10.1 Å². The summed E-state index contributed by atoms with van der Waals surface area (Å²) in [6.07, 6.45) is 10.9. The summed E-state index contributed by atoms with van der Waals surface area (Å²) in [5.74, 6) is 2.13. The molecule has 2 N–H and O–H groups in total. The van der Waals surface area contributed by atoms with E-state index in [1.54, 1.807) is 0 Å². The number of rotatable bonds is 5. The number of fused-ring (bicyclic) bond motifs is 2. The lowest BCUT2D eigenvalue weighted by Gasteiger charge is -2.27. The Bertz CT molecular complexity index is 1160. The van der Waals surface area contributed by atoms with E-state index in [1.807, 2.05) is 36.8 Å². The van der Waals surface area contributed by atoms with Gasteiger partial charge in [-0.3, -0.25) is 0 Å². The molecule has 5 rings (SSSR count). The molecule has 0 aromatic carbocycles. The van der Waals surface area contributed by atoms with E-state index in [0.29, 0.717) is 24.4 Å². The summed E-state index contributed by atoms with van der Waals surface area (Å²) < 4.78 is 8.18. The third-order valence-corrected chi connectivity index (χ3v) is 6.64. The minimum Gasteiger partial charge on any atom is -0.474 e. The van der Waals surface area contributed by atoms with E-state index in [0.717, 1.165) is 46.7 Å². The first-order chi connectivity index (χ1) is 16.0. The average molecular weight is 447 g/mol. The van der Waals surface area contributed by atoms with Crippen LogP contribution in [0.2, 0.25) is 0 Å². The zero-order chi connectivity index (χ0) is 22.9. The van der Waals surface area contributed by atoms with Crippen LogP contribution in [0.25, 0.3) is 11.1 Å². The summed E-state index contributed by atoms with van der Waals surface area (Å²) >= 11 is 0. The van der Waals surface area contributed by atoms with Crippen LogP contribution in [-0.4, -0.2) is 37.8 Å². The van der Waals surface area contributed by atoms with E-state index in [2.05, 4.69) is 47.8 Å². The van der Waals surface area contributed by atoms with Crippen LogP contribution in [0.3, 0.4) is 0 Å². The topological polar surface area (TPSA) is 76.4 Å². The molecule has 1 atom stereocenters. The summed E-state index contributed by atoms with van der Waals surface area (Å²) in [7, 11) is 0. The molecular formula is C26H34N6O. The Morgan fingerprint density at radius 1 is 1.12 bits per heavy atom. The molecule has 33 heavy (non-hydrogen) atoms. The molecule has 0 amide bonds. The highest BCUT2D eigenvalue weighted by atomic mass is 16.5. The van der Waals surface area contributed by atoms with E-state index < -0.39 is 0 Å². The van der Waals surface area contributed by atoms with Crippen LogP contribution in [0.15, 0.2) is 36.7 Å². The summed E-state index contributed by atoms with van der Waals surface area (Å²) in [6, 6.07) is 6.89. The van der Waals surface area contributed by atoms with Crippen molar-refractivity contribution in [1.82, 2.24) is 24.9 Å². The van der Waals surface area contributed by atoms with Crippen LogP contribution in [0.1, 0.15) is 70.2 Å². The monoisotopic (exact) mass is 446 g/mol. The van der Waals surface area contributed by atoms with Crippen molar-refractivity contribution in [2.45, 2.75) is 78.1 Å².